The summed E-state index contributed by atoms with van der Waals surface area (Å²) < 4.78 is 5.59. The molecule has 2 rings (SSSR count). The highest BCUT2D eigenvalue weighted by atomic mass is 35.5. The summed E-state index contributed by atoms with van der Waals surface area (Å²) in [5.74, 6) is 0.897. The highest BCUT2D eigenvalue weighted by Crippen LogP contribution is 2.28. The van der Waals surface area contributed by atoms with Crippen LogP contribution in [-0.2, 0) is 4.74 Å². The van der Waals surface area contributed by atoms with Crippen LogP contribution in [-0.4, -0.2) is 36.0 Å². The number of ether oxygens (including phenoxy) is 1. The van der Waals surface area contributed by atoms with E-state index < -0.39 is 0 Å². The highest BCUT2D eigenvalue weighted by molar-refractivity contribution is 6.30. The van der Waals surface area contributed by atoms with Gasteiger partial charge in [0.25, 0.3) is 0 Å². The van der Waals surface area contributed by atoms with Gasteiger partial charge in [0.2, 0.25) is 0 Å². The summed E-state index contributed by atoms with van der Waals surface area (Å²) in [6.45, 7) is 6.91. The Balaban J connectivity index is 2.31. The number of nitrogens with zero attached hydrogens (tertiary/aromatic N) is 3. The van der Waals surface area contributed by atoms with E-state index in [0.717, 1.165) is 30.0 Å². The van der Waals surface area contributed by atoms with Crippen LogP contribution in [0.25, 0.3) is 0 Å². The van der Waals surface area contributed by atoms with Crippen molar-refractivity contribution in [2.75, 3.05) is 18.6 Å². The second-order valence-electron chi connectivity index (χ2n) is 4.61. The van der Waals surface area contributed by atoms with Crippen LogP contribution in [0.2, 0.25) is 5.15 Å². The lowest BCUT2D eigenvalue weighted by molar-refractivity contribution is 0.118. The second kappa shape index (κ2) is 4.78. The average molecular weight is 256 g/mol. The molecule has 0 aromatic carbocycles. The smallest absolute Gasteiger partial charge is 0.155 e. The van der Waals surface area contributed by atoms with E-state index in [4.69, 9.17) is 16.3 Å². The fraction of sp³-hybridized carbons (Fsp3) is 0.667. The Hall–Kier alpha value is -0.870. The van der Waals surface area contributed by atoms with Gasteiger partial charge in [-0.15, -0.1) is 10.2 Å². The molecule has 4 nitrogen and oxygen atoms in total. The van der Waals surface area contributed by atoms with Crippen molar-refractivity contribution in [3.8, 4) is 0 Å². The molecule has 0 N–H and O–H groups in total. The van der Waals surface area contributed by atoms with Gasteiger partial charge in [-0.3, -0.25) is 0 Å². The van der Waals surface area contributed by atoms with Crippen molar-refractivity contribution in [1.29, 1.82) is 0 Å². The normalized spacial score (nSPS) is 24.1. The second-order valence-corrected chi connectivity index (χ2v) is 4.97. The number of anilines is 1. The summed E-state index contributed by atoms with van der Waals surface area (Å²) in [4.78, 5) is 2.16. The Morgan fingerprint density at radius 2 is 2.00 bits per heavy atom. The molecule has 0 bridgehead atoms. The summed E-state index contributed by atoms with van der Waals surface area (Å²) in [6, 6.07) is 0.364. The maximum atomic E-state index is 5.96. The lowest BCUT2D eigenvalue weighted by Gasteiger charge is -2.28. The quantitative estimate of drug-likeness (QED) is 0.813. The maximum absolute atomic E-state index is 5.96. The molecule has 94 valence electrons. The zero-order valence-electron chi connectivity index (χ0n) is 10.7. The Labute approximate surface area is 107 Å². The molecule has 17 heavy (non-hydrogen) atoms. The largest absolute Gasteiger partial charge is 0.376 e. The molecular formula is C12H18ClN3O. The van der Waals surface area contributed by atoms with Crippen LogP contribution in [0, 0.1) is 13.8 Å². The van der Waals surface area contributed by atoms with E-state index in [-0.39, 0.29) is 6.10 Å². The van der Waals surface area contributed by atoms with E-state index >= 15 is 0 Å². The van der Waals surface area contributed by atoms with Crippen LogP contribution in [0.15, 0.2) is 0 Å². The third-order valence-corrected chi connectivity index (χ3v) is 3.97. The number of rotatable bonds is 2. The van der Waals surface area contributed by atoms with Gasteiger partial charge in [0.15, 0.2) is 11.0 Å². The van der Waals surface area contributed by atoms with E-state index in [2.05, 4.69) is 22.0 Å². The van der Waals surface area contributed by atoms with Crippen LogP contribution in [0.4, 0.5) is 5.82 Å². The first kappa shape index (κ1) is 12.6. The molecular weight excluding hydrogens is 238 g/mol. The molecule has 1 fully saturated rings. The van der Waals surface area contributed by atoms with Gasteiger partial charge in [-0.05, 0) is 38.3 Å². The zero-order chi connectivity index (χ0) is 12.6. The summed E-state index contributed by atoms with van der Waals surface area (Å²) in [5.41, 5.74) is 2.08. The van der Waals surface area contributed by atoms with E-state index in [1.807, 2.05) is 20.9 Å². The van der Waals surface area contributed by atoms with Crippen molar-refractivity contribution in [3.05, 3.63) is 16.3 Å². The van der Waals surface area contributed by atoms with Gasteiger partial charge in [0.05, 0.1) is 12.1 Å². The Kier molecular flexibility index (Phi) is 3.54. The Bertz CT molecular complexity index is 424. The third kappa shape index (κ3) is 2.24. The first-order valence-electron chi connectivity index (χ1n) is 5.86. The molecule has 5 heteroatoms. The van der Waals surface area contributed by atoms with Gasteiger partial charge in [-0.2, -0.15) is 0 Å². The summed E-state index contributed by atoms with van der Waals surface area (Å²) in [5, 5.41) is 8.68. The molecule has 0 spiro atoms. The van der Waals surface area contributed by atoms with Gasteiger partial charge in [-0.25, -0.2) is 0 Å². The number of likely N-dealkylation sites (N-methyl/N-ethyl adjacent to an activating group) is 1. The van der Waals surface area contributed by atoms with Crippen molar-refractivity contribution < 1.29 is 4.74 Å². The molecule has 0 radical (unpaired) electrons. The van der Waals surface area contributed by atoms with Gasteiger partial charge in [0, 0.05) is 13.7 Å². The summed E-state index contributed by atoms with van der Waals surface area (Å²) >= 11 is 5.96. The fourth-order valence-corrected chi connectivity index (χ4v) is 2.46. The topological polar surface area (TPSA) is 38.2 Å². The van der Waals surface area contributed by atoms with Crippen LogP contribution < -0.4 is 4.90 Å². The molecule has 0 saturated carbocycles. The van der Waals surface area contributed by atoms with E-state index in [1.165, 1.54) is 0 Å². The van der Waals surface area contributed by atoms with Crippen molar-refractivity contribution in [2.45, 2.75) is 39.3 Å². The van der Waals surface area contributed by atoms with Crippen molar-refractivity contribution in [1.82, 2.24) is 10.2 Å². The van der Waals surface area contributed by atoms with Crippen LogP contribution >= 0.6 is 11.6 Å². The lowest BCUT2D eigenvalue weighted by Crippen LogP contribution is -2.38. The molecule has 0 aliphatic carbocycles. The molecule has 2 heterocycles. The molecule has 1 aliphatic rings. The minimum absolute atomic E-state index is 0.234. The average Bonchev–Trinajstić information content (AvgIpc) is 2.72. The van der Waals surface area contributed by atoms with Crippen molar-refractivity contribution in [3.63, 3.8) is 0 Å². The lowest BCUT2D eigenvalue weighted by atomic mass is 10.1. The predicted octanol–water partition coefficient (Wildman–Crippen LogP) is 2.36. The molecule has 2 unspecified atom stereocenters. The van der Waals surface area contributed by atoms with E-state index in [1.54, 1.807) is 0 Å². The monoisotopic (exact) mass is 255 g/mol. The van der Waals surface area contributed by atoms with Crippen molar-refractivity contribution in [2.24, 2.45) is 0 Å². The van der Waals surface area contributed by atoms with Gasteiger partial charge >= 0.3 is 0 Å². The predicted molar refractivity (Wildman–Crippen MR) is 68.7 cm³/mol. The standard InChI is InChI=1S/C12H18ClN3O/c1-7-8(2)12(15-14-11(7)13)16(4)10-5-6-17-9(10)3/h9-10H,5-6H2,1-4H3. The summed E-state index contributed by atoms with van der Waals surface area (Å²) in [6.07, 6.45) is 1.26. The van der Waals surface area contributed by atoms with E-state index in [0.29, 0.717) is 11.2 Å². The van der Waals surface area contributed by atoms with Crippen LogP contribution in [0.1, 0.15) is 24.5 Å². The third-order valence-electron chi connectivity index (χ3n) is 3.61. The SMILES string of the molecule is Cc1c(Cl)nnc(N(C)C2CCOC2C)c1C. The minimum Gasteiger partial charge on any atom is -0.376 e. The van der Waals surface area contributed by atoms with Gasteiger partial charge in [-0.1, -0.05) is 11.6 Å². The fourth-order valence-electron chi connectivity index (χ4n) is 2.28. The number of hydrogen-bond acceptors (Lipinski definition) is 4. The Morgan fingerprint density at radius 1 is 1.29 bits per heavy atom. The Morgan fingerprint density at radius 3 is 2.59 bits per heavy atom. The molecule has 0 amide bonds. The summed E-state index contributed by atoms with van der Waals surface area (Å²) in [7, 11) is 2.04. The molecule has 2 atom stereocenters. The van der Waals surface area contributed by atoms with Crippen molar-refractivity contribution >= 4 is 17.4 Å². The van der Waals surface area contributed by atoms with Crippen LogP contribution in [0.5, 0.6) is 0 Å². The van der Waals surface area contributed by atoms with Gasteiger partial charge in [0.1, 0.15) is 0 Å². The van der Waals surface area contributed by atoms with Crippen LogP contribution in [0.3, 0.4) is 0 Å². The first-order valence-corrected chi connectivity index (χ1v) is 6.24. The molecule has 1 saturated heterocycles. The maximum Gasteiger partial charge on any atom is 0.155 e. The minimum atomic E-state index is 0.234. The van der Waals surface area contributed by atoms with E-state index in [9.17, 15) is 0 Å². The van der Waals surface area contributed by atoms with Gasteiger partial charge < -0.3 is 9.64 Å². The zero-order valence-corrected chi connectivity index (χ0v) is 11.5. The number of hydrogen-bond donors (Lipinski definition) is 0. The highest BCUT2D eigenvalue weighted by Gasteiger charge is 2.29. The number of halogens is 1. The molecule has 1 aromatic rings. The molecule has 1 aliphatic heterocycles. The number of aromatic nitrogens is 2. The first-order chi connectivity index (χ1) is 8.02. The molecule has 1 aromatic heterocycles.